The van der Waals surface area contributed by atoms with E-state index in [0.29, 0.717) is 17.7 Å². The SMILES string of the molecule is CCNC(=NCC(C)(O)c1ccccc1)NCCc1ccc(Cl)nc1.I. The van der Waals surface area contributed by atoms with Gasteiger partial charge < -0.3 is 15.7 Å². The lowest BCUT2D eigenvalue weighted by Gasteiger charge is -2.22. The number of rotatable bonds is 7. The van der Waals surface area contributed by atoms with Crippen LogP contribution in [0.1, 0.15) is 25.0 Å². The summed E-state index contributed by atoms with van der Waals surface area (Å²) in [4.78, 5) is 8.59. The number of hydrogen-bond donors (Lipinski definition) is 3. The van der Waals surface area contributed by atoms with Crippen LogP contribution in [0.5, 0.6) is 0 Å². The van der Waals surface area contributed by atoms with E-state index in [1.807, 2.05) is 43.3 Å². The number of halogens is 2. The van der Waals surface area contributed by atoms with Gasteiger partial charge in [0.25, 0.3) is 0 Å². The van der Waals surface area contributed by atoms with E-state index in [1.54, 1.807) is 19.2 Å². The van der Waals surface area contributed by atoms with Gasteiger partial charge in [-0.15, -0.1) is 24.0 Å². The van der Waals surface area contributed by atoms with Crippen molar-refractivity contribution in [1.82, 2.24) is 15.6 Å². The topological polar surface area (TPSA) is 69.5 Å². The van der Waals surface area contributed by atoms with Gasteiger partial charge in [-0.1, -0.05) is 48.0 Å². The van der Waals surface area contributed by atoms with E-state index in [1.165, 1.54) is 0 Å². The van der Waals surface area contributed by atoms with Crippen LogP contribution in [-0.2, 0) is 12.0 Å². The smallest absolute Gasteiger partial charge is 0.191 e. The Hall–Kier alpha value is -1.38. The number of aliphatic hydroxyl groups is 1. The quantitative estimate of drug-likeness (QED) is 0.242. The van der Waals surface area contributed by atoms with Crippen molar-refractivity contribution in [3.63, 3.8) is 0 Å². The molecule has 1 aromatic heterocycles. The molecule has 7 heteroatoms. The highest BCUT2D eigenvalue weighted by Crippen LogP contribution is 2.20. The van der Waals surface area contributed by atoms with Crippen molar-refractivity contribution < 1.29 is 5.11 Å². The molecular formula is C19H26ClIN4O. The zero-order chi connectivity index (χ0) is 18.1. The molecule has 142 valence electrons. The molecule has 1 aromatic carbocycles. The van der Waals surface area contributed by atoms with Crippen molar-refractivity contribution >= 4 is 41.5 Å². The van der Waals surface area contributed by atoms with E-state index in [2.05, 4.69) is 20.6 Å². The Bertz CT molecular complexity index is 678. The standard InChI is InChI=1S/C19H25ClN4O.HI/c1-3-21-18(22-12-11-15-9-10-17(20)23-13-15)24-14-19(2,25)16-7-5-4-6-8-16;/h4-10,13,25H,3,11-12,14H2,1-2H3,(H2,21,22,24);1H. The van der Waals surface area contributed by atoms with Gasteiger partial charge in [-0.05, 0) is 37.5 Å². The molecule has 0 radical (unpaired) electrons. The molecule has 1 atom stereocenters. The van der Waals surface area contributed by atoms with Crippen LogP contribution in [0.3, 0.4) is 0 Å². The molecule has 26 heavy (non-hydrogen) atoms. The lowest BCUT2D eigenvalue weighted by molar-refractivity contribution is 0.0672. The van der Waals surface area contributed by atoms with Crippen LogP contribution in [-0.4, -0.2) is 35.7 Å². The molecule has 0 fully saturated rings. The van der Waals surface area contributed by atoms with Crippen molar-refractivity contribution in [3.8, 4) is 0 Å². The van der Waals surface area contributed by atoms with Gasteiger partial charge in [0.1, 0.15) is 10.8 Å². The van der Waals surface area contributed by atoms with E-state index < -0.39 is 5.60 Å². The molecule has 2 aromatic rings. The lowest BCUT2D eigenvalue weighted by atomic mass is 9.96. The van der Waals surface area contributed by atoms with Crippen LogP contribution >= 0.6 is 35.6 Å². The summed E-state index contributed by atoms with van der Waals surface area (Å²) in [5.74, 6) is 0.681. The van der Waals surface area contributed by atoms with Crippen LogP contribution < -0.4 is 10.6 Å². The third-order valence-electron chi connectivity index (χ3n) is 3.78. The monoisotopic (exact) mass is 488 g/mol. The minimum absolute atomic E-state index is 0. The first kappa shape index (κ1) is 22.7. The van der Waals surface area contributed by atoms with Crippen LogP contribution in [0.2, 0.25) is 5.15 Å². The summed E-state index contributed by atoms with van der Waals surface area (Å²) in [7, 11) is 0. The van der Waals surface area contributed by atoms with E-state index in [4.69, 9.17) is 11.6 Å². The number of aromatic nitrogens is 1. The fourth-order valence-electron chi connectivity index (χ4n) is 2.34. The van der Waals surface area contributed by atoms with Crippen molar-refractivity contribution in [1.29, 1.82) is 0 Å². The third kappa shape index (κ3) is 7.47. The van der Waals surface area contributed by atoms with Gasteiger partial charge in [0.2, 0.25) is 0 Å². The number of aliphatic imine (C=N–C) groups is 1. The largest absolute Gasteiger partial charge is 0.384 e. The fourth-order valence-corrected chi connectivity index (χ4v) is 2.45. The van der Waals surface area contributed by atoms with Gasteiger partial charge in [0.15, 0.2) is 5.96 Å². The average molecular weight is 489 g/mol. The molecule has 5 nitrogen and oxygen atoms in total. The molecule has 0 saturated heterocycles. The second-order valence-corrected chi connectivity index (χ2v) is 6.39. The molecule has 0 aliphatic heterocycles. The summed E-state index contributed by atoms with van der Waals surface area (Å²) < 4.78 is 0. The number of nitrogens with one attached hydrogen (secondary N) is 2. The molecule has 0 bridgehead atoms. The number of pyridine rings is 1. The predicted molar refractivity (Wildman–Crippen MR) is 118 cm³/mol. The van der Waals surface area contributed by atoms with Crippen molar-refractivity contribution in [2.75, 3.05) is 19.6 Å². The van der Waals surface area contributed by atoms with Crippen LogP contribution in [0.25, 0.3) is 0 Å². The summed E-state index contributed by atoms with van der Waals surface area (Å²) >= 11 is 5.79. The molecule has 0 spiro atoms. The third-order valence-corrected chi connectivity index (χ3v) is 4.00. The van der Waals surface area contributed by atoms with Gasteiger partial charge in [-0.3, -0.25) is 0 Å². The minimum atomic E-state index is -1.01. The van der Waals surface area contributed by atoms with E-state index in [9.17, 15) is 5.11 Å². The van der Waals surface area contributed by atoms with Gasteiger partial charge in [-0.25, -0.2) is 9.98 Å². The van der Waals surface area contributed by atoms with Gasteiger partial charge in [0.05, 0.1) is 6.54 Å². The normalized spacial score (nSPS) is 13.5. The summed E-state index contributed by atoms with van der Waals surface area (Å²) in [6.07, 6.45) is 2.58. The summed E-state index contributed by atoms with van der Waals surface area (Å²) in [5, 5.41) is 17.6. The Morgan fingerprint density at radius 3 is 2.54 bits per heavy atom. The fraction of sp³-hybridized carbons (Fsp3) is 0.368. The van der Waals surface area contributed by atoms with E-state index in [-0.39, 0.29) is 30.5 Å². The summed E-state index contributed by atoms with van der Waals surface area (Å²) in [6.45, 7) is 5.52. The highest BCUT2D eigenvalue weighted by Gasteiger charge is 2.22. The van der Waals surface area contributed by atoms with E-state index in [0.717, 1.165) is 24.1 Å². The molecule has 1 unspecified atom stereocenters. The second kappa shape index (κ2) is 11.4. The van der Waals surface area contributed by atoms with Crippen molar-refractivity contribution in [2.45, 2.75) is 25.9 Å². The molecule has 0 saturated carbocycles. The first-order valence-electron chi connectivity index (χ1n) is 8.42. The first-order valence-corrected chi connectivity index (χ1v) is 8.79. The molecule has 1 heterocycles. The van der Waals surface area contributed by atoms with Crippen molar-refractivity contribution in [3.05, 3.63) is 64.9 Å². The lowest BCUT2D eigenvalue weighted by Crippen LogP contribution is -2.39. The minimum Gasteiger partial charge on any atom is -0.384 e. The summed E-state index contributed by atoms with van der Waals surface area (Å²) in [5.41, 5.74) is 0.940. The number of hydrogen-bond acceptors (Lipinski definition) is 3. The molecule has 0 aliphatic carbocycles. The maximum absolute atomic E-state index is 10.6. The molecule has 2 rings (SSSR count). The Balaban J connectivity index is 0.00000338. The summed E-state index contributed by atoms with van der Waals surface area (Å²) in [6, 6.07) is 13.3. The van der Waals surface area contributed by atoms with Crippen molar-refractivity contribution in [2.24, 2.45) is 4.99 Å². The first-order chi connectivity index (χ1) is 12.0. The Morgan fingerprint density at radius 2 is 1.92 bits per heavy atom. The molecule has 3 N–H and O–H groups in total. The zero-order valence-electron chi connectivity index (χ0n) is 15.1. The van der Waals surface area contributed by atoms with Gasteiger partial charge in [-0.2, -0.15) is 0 Å². The zero-order valence-corrected chi connectivity index (χ0v) is 18.2. The molecular weight excluding hydrogens is 463 g/mol. The Kier molecular flexibility index (Phi) is 9.90. The molecule has 0 amide bonds. The number of nitrogens with zero attached hydrogens (tertiary/aromatic N) is 2. The van der Waals surface area contributed by atoms with Gasteiger partial charge in [0, 0.05) is 19.3 Å². The van der Waals surface area contributed by atoms with E-state index >= 15 is 0 Å². The van der Waals surface area contributed by atoms with Crippen LogP contribution in [0.15, 0.2) is 53.7 Å². The van der Waals surface area contributed by atoms with Gasteiger partial charge >= 0.3 is 0 Å². The Morgan fingerprint density at radius 1 is 1.19 bits per heavy atom. The van der Waals surface area contributed by atoms with Crippen LogP contribution in [0.4, 0.5) is 0 Å². The highest BCUT2D eigenvalue weighted by molar-refractivity contribution is 14.0. The average Bonchev–Trinajstić information content (AvgIpc) is 2.62. The number of benzene rings is 1. The predicted octanol–water partition coefficient (Wildman–Crippen LogP) is 3.36. The second-order valence-electron chi connectivity index (χ2n) is 6.00. The highest BCUT2D eigenvalue weighted by atomic mass is 127. The van der Waals surface area contributed by atoms with Crippen LogP contribution in [0, 0.1) is 0 Å². The maximum atomic E-state index is 10.6. The molecule has 0 aliphatic rings. The maximum Gasteiger partial charge on any atom is 0.191 e. The Labute approximate surface area is 177 Å². The number of guanidine groups is 1.